The molecule has 0 spiro atoms. The SMILES string of the molecule is C=C1CCN(C(=O)OC(C)(C)C)C1C. The average Bonchev–Trinajstić information content (AvgIpc) is 2.29. The van der Waals surface area contributed by atoms with Crippen molar-refractivity contribution in [2.75, 3.05) is 6.54 Å². The Kier molecular flexibility index (Phi) is 2.88. The summed E-state index contributed by atoms with van der Waals surface area (Å²) in [7, 11) is 0. The van der Waals surface area contributed by atoms with Crippen molar-refractivity contribution in [2.45, 2.75) is 45.8 Å². The first-order valence-electron chi connectivity index (χ1n) is 4.98. The van der Waals surface area contributed by atoms with Crippen molar-refractivity contribution in [3.8, 4) is 0 Å². The van der Waals surface area contributed by atoms with Crippen molar-refractivity contribution in [2.24, 2.45) is 0 Å². The van der Waals surface area contributed by atoms with Crippen LogP contribution in [0, 0.1) is 0 Å². The number of ether oxygens (including phenoxy) is 1. The van der Waals surface area contributed by atoms with Gasteiger partial charge in [-0.15, -0.1) is 0 Å². The Morgan fingerprint density at radius 3 is 2.50 bits per heavy atom. The Bertz CT molecular complexity index is 253. The Labute approximate surface area is 85.7 Å². The van der Waals surface area contributed by atoms with Crippen molar-refractivity contribution in [3.05, 3.63) is 12.2 Å². The molecule has 0 radical (unpaired) electrons. The summed E-state index contributed by atoms with van der Waals surface area (Å²) in [6.07, 6.45) is 0.657. The van der Waals surface area contributed by atoms with Gasteiger partial charge in [-0.3, -0.25) is 0 Å². The largest absolute Gasteiger partial charge is 0.444 e. The summed E-state index contributed by atoms with van der Waals surface area (Å²) in [4.78, 5) is 13.4. The molecule has 0 N–H and O–H groups in total. The molecular weight excluding hydrogens is 178 g/mol. The average molecular weight is 197 g/mol. The number of amides is 1. The molecule has 0 aromatic carbocycles. The molecule has 0 aromatic heterocycles. The molecule has 1 rings (SSSR count). The van der Waals surface area contributed by atoms with Crippen LogP contribution in [0.15, 0.2) is 12.2 Å². The molecule has 1 heterocycles. The molecule has 14 heavy (non-hydrogen) atoms. The van der Waals surface area contributed by atoms with Gasteiger partial charge in [0.2, 0.25) is 0 Å². The lowest BCUT2D eigenvalue weighted by Gasteiger charge is -2.26. The number of hydrogen-bond acceptors (Lipinski definition) is 2. The van der Waals surface area contributed by atoms with E-state index in [9.17, 15) is 4.79 Å². The van der Waals surface area contributed by atoms with E-state index in [1.807, 2.05) is 27.7 Å². The lowest BCUT2D eigenvalue weighted by Crippen LogP contribution is -2.38. The molecular formula is C11H19NO2. The normalized spacial score (nSPS) is 22.7. The molecule has 1 atom stereocenters. The van der Waals surface area contributed by atoms with E-state index >= 15 is 0 Å². The summed E-state index contributed by atoms with van der Waals surface area (Å²) in [5.41, 5.74) is 0.691. The Morgan fingerprint density at radius 2 is 2.14 bits per heavy atom. The summed E-state index contributed by atoms with van der Waals surface area (Å²) in [5.74, 6) is 0. The fourth-order valence-corrected chi connectivity index (χ4v) is 1.46. The maximum atomic E-state index is 11.7. The van der Waals surface area contributed by atoms with E-state index in [0.717, 1.165) is 18.5 Å². The Morgan fingerprint density at radius 1 is 1.57 bits per heavy atom. The van der Waals surface area contributed by atoms with Crippen LogP contribution in [0.25, 0.3) is 0 Å². The van der Waals surface area contributed by atoms with Crippen LogP contribution in [0.1, 0.15) is 34.1 Å². The van der Waals surface area contributed by atoms with Crippen LogP contribution >= 0.6 is 0 Å². The molecule has 80 valence electrons. The third-order valence-electron chi connectivity index (χ3n) is 2.36. The molecule has 3 nitrogen and oxygen atoms in total. The molecule has 0 saturated carbocycles. The number of carbonyl (C=O) groups is 1. The fourth-order valence-electron chi connectivity index (χ4n) is 1.46. The molecule has 1 aliphatic rings. The van der Waals surface area contributed by atoms with Gasteiger partial charge in [0.15, 0.2) is 0 Å². The summed E-state index contributed by atoms with van der Waals surface area (Å²) in [6, 6.07) is 0.116. The monoisotopic (exact) mass is 197 g/mol. The molecule has 1 saturated heterocycles. The first-order chi connectivity index (χ1) is 6.31. The van der Waals surface area contributed by atoms with Gasteiger partial charge in [0, 0.05) is 6.54 Å². The maximum Gasteiger partial charge on any atom is 0.410 e. The van der Waals surface area contributed by atoms with E-state index in [1.165, 1.54) is 0 Å². The van der Waals surface area contributed by atoms with Gasteiger partial charge in [0.05, 0.1) is 6.04 Å². The van der Waals surface area contributed by atoms with Gasteiger partial charge in [-0.1, -0.05) is 12.2 Å². The zero-order valence-corrected chi connectivity index (χ0v) is 9.46. The van der Waals surface area contributed by atoms with E-state index in [2.05, 4.69) is 6.58 Å². The van der Waals surface area contributed by atoms with Gasteiger partial charge in [-0.2, -0.15) is 0 Å². The topological polar surface area (TPSA) is 29.5 Å². The second-order valence-electron chi connectivity index (χ2n) is 4.76. The van der Waals surface area contributed by atoms with Crippen molar-refractivity contribution in [1.82, 2.24) is 4.90 Å². The van der Waals surface area contributed by atoms with Gasteiger partial charge in [0.1, 0.15) is 5.60 Å². The lowest BCUT2D eigenvalue weighted by atomic mass is 10.2. The van der Waals surface area contributed by atoms with Gasteiger partial charge < -0.3 is 9.64 Å². The van der Waals surface area contributed by atoms with Crippen LogP contribution in [0.4, 0.5) is 4.79 Å². The highest BCUT2D eigenvalue weighted by atomic mass is 16.6. The van der Waals surface area contributed by atoms with Crippen LogP contribution < -0.4 is 0 Å². The van der Waals surface area contributed by atoms with E-state index < -0.39 is 5.60 Å². The zero-order valence-electron chi connectivity index (χ0n) is 9.46. The first kappa shape index (κ1) is 11.1. The van der Waals surface area contributed by atoms with E-state index in [-0.39, 0.29) is 12.1 Å². The summed E-state index contributed by atoms with van der Waals surface area (Å²) in [5, 5.41) is 0. The number of nitrogens with zero attached hydrogens (tertiary/aromatic N) is 1. The second kappa shape index (κ2) is 3.64. The highest BCUT2D eigenvalue weighted by molar-refractivity contribution is 5.69. The predicted octanol–water partition coefficient (Wildman–Crippen LogP) is 2.57. The van der Waals surface area contributed by atoms with Crippen LogP contribution in [0.2, 0.25) is 0 Å². The van der Waals surface area contributed by atoms with Crippen molar-refractivity contribution in [3.63, 3.8) is 0 Å². The smallest absolute Gasteiger partial charge is 0.410 e. The summed E-state index contributed by atoms with van der Waals surface area (Å²) in [6.45, 7) is 12.3. The number of rotatable bonds is 0. The van der Waals surface area contributed by atoms with E-state index in [4.69, 9.17) is 4.74 Å². The van der Waals surface area contributed by atoms with E-state index in [1.54, 1.807) is 4.90 Å². The molecule has 3 heteroatoms. The minimum atomic E-state index is -0.416. The fraction of sp³-hybridized carbons (Fsp3) is 0.727. The Hall–Kier alpha value is -0.990. The van der Waals surface area contributed by atoms with Crippen molar-refractivity contribution in [1.29, 1.82) is 0 Å². The van der Waals surface area contributed by atoms with Gasteiger partial charge in [-0.05, 0) is 34.1 Å². The molecule has 0 aliphatic carbocycles. The first-order valence-corrected chi connectivity index (χ1v) is 4.98. The van der Waals surface area contributed by atoms with E-state index in [0.29, 0.717) is 0 Å². The predicted molar refractivity (Wildman–Crippen MR) is 56.2 cm³/mol. The molecule has 1 amide bonds. The molecule has 0 bridgehead atoms. The third-order valence-corrected chi connectivity index (χ3v) is 2.36. The standard InChI is InChI=1S/C11H19NO2/c1-8-6-7-12(9(8)2)10(13)14-11(3,4)5/h9H,1,6-7H2,2-5H3. The number of likely N-dealkylation sites (tertiary alicyclic amines) is 1. The van der Waals surface area contributed by atoms with Crippen molar-refractivity contribution < 1.29 is 9.53 Å². The summed E-state index contributed by atoms with van der Waals surface area (Å²) >= 11 is 0. The van der Waals surface area contributed by atoms with Crippen LogP contribution in [0.3, 0.4) is 0 Å². The van der Waals surface area contributed by atoms with Gasteiger partial charge in [-0.25, -0.2) is 4.79 Å². The van der Waals surface area contributed by atoms with Gasteiger partial charge in [0.25, 0.3) is 0 Å². The summed E-state index contributed by atoms with van der Waals surface area (Å²) < 4.78 is 5.29. The number of hydrogen-bond donors (Lipinski definition) is 0. The molecule has 0 aromatic rings. The van der Waals surface area contributed by atoms with Crippen LogP contribution in [-0.2, 0) is 4.74 Å². The minimum Gasteiger partial charge on any atom is -0.444 e. The van der Waals surface area contributed by atoms with Crippen molar-refractivity contribution >= 4 is 6.09 Å². The second-order valence-corrected chi connectivity index (χ2v) is 4.76. The third kappa shape index (κ3) is 2.50. The minimum absolute atomic E-state index is 0.116. The molecule has 1 unspecified atom stereocenters. The number of carbonyl (C=O) groups excluding carboxylic acids is 1. The lowest BCUT2D eigenvalue weighted by molar-refractivity contribution is 0.0249. The maximum absolute atomic E-state index is 11.7. The Balaban J connectivity index is 2.58. The zero-order chi connectivity index (χ0) is 10.9. The molecule has 1 aliphatic heterocycles. The highest BCUT2D eigenvalue weighted by Gasteiger charge is 2.31. The van der Waals surface area contributed by atoms with Crippen LogP contribution in [0.5, 0.6) is 0 Å². The van der Waals surface area contributed by atoms with Crippen LogP contribution in [-0.4, -0.2) is 29.2 Å². The quantitative estimate of drug-likeness (QED) is 0.558. The van der Waals surface area contributed by atoms with Gasteiger partial charge >= 0.3 is 6.09 Å². The highest BCUT2D eigenvalue weighted by Crippen LogP contribution is 2.23. The molecule has 1 fully saturated rings.